The van der Waals surface area contributed by atoms with E-state index in [1.165, 1.54) is 0 Å². The van der Waals surface area contributed by atoms with Crippen molar-refractivity contribution in [1.29, 1.82) is 0 Å². The number of rotatable bonds is 3. The van der Waals surface area contributed by atoms with Crippen molar-refractivity contribution in [3.8, 4) is 11.1 Å². The summed E-state index contributed by atoms with van der Waals surface area (Å²) < 4.78 is 1.06. The predicted molar refractivity (Wildman–Crippen MR) is 84.8 cm³/mol. The molecule has 2 aromatic rings. The van der Waals surface area contributed by atoms with Crippen LogP contribution in [0.1, 0.15) is 6.42 Å². The van der Waals surface area contributed by atoms with Crippen LogP contribution in [0.25, 0.3) is 11.1 Å². The molecule has 0 spiro atoms. The molecule has 1 aromatic heterocycles. The van der Waals surface area contributed by atoms with Gasteiger partial charge in [-0.3, -0.25) is 0 Å². The van der Waals surface area contributed by atoms with Gasteiger partial charge >= 0.3 is 0 Å². The maximum absolute atomic E-state index is 4.51. The zero-order valence-electron chi connectivity index (χ0n) is 11.4. The second-order valence-electron chi connectivity index (χ2n) is 5.01. The summed E-state index contributed by atoms with van der Waals surface area (Å²) >= 11 is 3.56. The van der Waals surface area contributed by atoms with Gasteiger partial charge in [-0.2, -0.15) is 0 Å². The van der Waals surface area contributed by atoms with Gasteiger partial charge in [0, 0.05) is 42.1 Å². The molecule has 1 unspecified atom stereocenters. The van der Waals surface area contributed by atoms with E-state index in [2.05, 4.69) is 49.2 Å². The Kier molecular flexibility index (Phi) is 3.98. The first-order valence-electron chi connectivity index (χ1n) is 6.76. The molecule has 20 heavy (non-hydrogen) atoms. The Morgan fingerprint density at radius 3 is 2.65 bits per heavy atom. The van der Waals surface area contributed by atoms with Gasteiger partial charge in [-0.25, -0.2) is 9.97 Å². The summed E-state index contributed by atoms with van der Waals surface area (Å²) in [6, 6.07) is 8.60. The number of aromatic nitrogens is 2. The van der Waals surface area contributed by atoms with E-state index in [0.29, 0.717) is 6.04 Å². The molecule has 0 amide bonds. The normalized spacial score (nSPS) is 18.2. The topological polar surface area (TPSA) is 41.1 Å². The van der Waals surface area contributed by atoms with Gasteiger partial charge in [0.25, 0.3) is 0 Å². The van der Waals surface area contributed by atoms with Crippen molar-refractivity contribution in [3.63, 3.8) is 0 Å². The van der Waals surface area contributed by atoms with Crippen molar-refractivity contribution < 1.29 is 0 Å². The smallest absolute Gasteiger partial charge is 0.225 e. The van der Waals surface area contributed by atoms with Crippen LogP contribution < -0.4 is 10.2 Å². The van der Waals surface area contributed by atoms with Gasteiger partial charge in [0.1, 0.15) is 0 Å². The van der Waals surface area contributed by atoms with Gasteiger partial charge < -0.3 is 10.2 Å². The van der Waals surface area contributed by atoms with E-state index >= 15 is 0 Å². The average Bonchev–Trinajstić information content (AvgIpc) is 3.01. The minimum Gasteiger partial charge on any atom is -0.340 e. The summed E-state index contributed by atoms with van der Waals surface area (Å²) in [5, 5.41) is 3.36. The fourth-order valence-corrected chi connectivity index (χ4v) is 2.98. The molecule has 1 atom stereocenters. The fourth-order valence-electron chi connectivity index (χ4n) is 2.47. The van der Waals surface area contributed by atoms with Gasteiger partial charge in [0.2, 0.25) is 5.95 Å². The largest absolute Gasteiger partial charge is 0.340 e. The third kappa shape index (κ3) is 2.69. The molecule has 1 aromatic carbocycles. The molecule has 0 bridgehead atoms. The Morgan fingerprint density at radius 1 is 1.25 bits per heavy atom. The van der Waals surface area contributed by atoms with Crippen LogP contribution in [0.4, 0.5) is 5.95 Å². The third-order valence-electron chi connectivity index (χ3n) is 3.72. The van der Waals surface area contributed by atoms with Crippen LogP contribution >= 0.6 is 15.9 Å². The summed E-state index contributed by atoms with van der Waals surface area (Å²) in [5.41, 5.74) is 2.14. The van der Waals surface area contributed by atoms with E-state index < -0.39 is 0 Å². The lowest BCUT2D eigenvalue weighted by Gasteiger charge is -2.23. The maximum atomic E-state index is 4.51. The zero-order chi connectivity index (χ0) is 13.9. The first-order chi connectivity index (χ1) is 9.75. The van der Waals surface area contributed by atoms with Crippen LogP contribution in [-0.4, -0.2) is 36.1 Å². The second-order valence-corrected chi connectivity index (χ2v) is 5.86. The number of benzene rings is 1. The van der Waals surface area contributed by atoms with Crippen LogP contribution in [0.15, 0.2) is 41.1 Å². The SMILES string of the molecule is CN(c1ncc(-c2ccccc2Br)cn1)C1CCNC1. The molecule has 2 heterocycles. The molecule has 3 rings (SSSR count). The Balaban J connectivity index is 1.82. The average molecular weight is 333 g/mol. The summed E-state index contributed by atoms with van der Waals surface area (Å²) in [6.45, 7) is 2.08. The van der Waals surface area contributed by atoms with E-state index in [1.807, 2.05) is 30.6 Å². The van der Waals surface area contributed by atoms with Crippen LogP contribution in [0, 0.1) is 0 Å². The van der Waals surface area contributed by atoms with Crippen molar-refractivity contribution in [2.45, 2.75) is 12.5 Å². The Bertz CT molecular complexity index is 579. The molecule has 1 N–H and O–H groups in total. The first kappa shape index (κ1) is 13.5. The number of hydrogen-bond donors (Lipinski definition) is 1. The molecular formula is C15H17BrN4. The summed E-state index contributed by atoms with van der Waals surface area (Å²) in [5.74, 6) is 0.787. The molecule has 5 heteroatoms. The number of halogens is 1. The Morgan fingerprint density at radius 2 is 2.00 bits per heavy atom. The number of nitrogens with zero attached hydrogens (tertiary/aromatic N) is 3. The van der Waals surface area contributed by atoms with Gasteiger partial charge in [0.05, 0.1) is 0 Å². The van der Waals surface area contributed by atoms with Gasteiger partial charge in [0.15, 0.2) is 0 Å². The monoisotopic (exact) mass is 332 g/mol. The summed E-state index contributed by atoms with van der Waals surface area (Å²) in [6.07, 6.45) is 4.93. The zero-order valence-corrected chi connectivity index (χ0v) is 13.0. The van der Waals surface area contributed by atoms with Gasteiger partial charge in [-0.1, -0.05) is 34.1 Å². The van der Waals surface area contributed by atoms with Gasteiger partial charge in [-0.05, 0) is 24.6 Å². The second kappa shape index (κ2) is 5.89. The highest BCUT2D eigenvalue weighted by atomic mass is 79.9. The molecule has 0 radical (unpaired) electrons. The molecule has 1 aliphatic heterocycles. The Hall–Kier alpha value is -1.46. The fraction of sp³-hybridized carbons (Fsp3) is 0.333. The van der Waals surface area contributed by atoms with Crippen LogP contribution in [0.5, 0.6) is 0 Å². The van der Waals surface area contributed by atoms with Crippen molar-refractivity contribution >= 4 is 21.9 Å². The number of hydrogen-bond acceptors (Lipinski definition) is 4. The minimum atomic E-state index is 0.490. The lowest BCUT2D eigenvalue weighted by atomic mass is 10.1. The van der Waals surface area contributed by atoms with Gasteiger partial charge in [-0.15, -0.1) is 0 Å². The lowest BCUT2D eigenvalue weighted by molar-refractivity contribution is 0.668. The van der Waals surface area contributed by atoms with E-state index in [9.17, 15) is 0 Å². The van der Waals surface area contributed by atoms with Crippen LogP contribution in [0.2, 0.25) is 0 Å². The highest BCUT2D eigenvalue weighted by molar-refractivity contribution is 9.10. The van der Waals surface area contributed by atoms with Crippen molar-refractivity contribution in [2.75, 3.05) is 25.0 Å². The molecule has 1 saturated heterocycles. The van der Waals surface area contributed by atoms with Crippen LogP contribution in [-0.2, 0) is 0 Å². The van der Waals surface area contributed by atoms with Crippen molar-refractivity contribution in [2.24, 2.45) is 0 Å². The molecule has 1 fully saturated rings. The molecule has 1 aliphatic rings. The molecule has 0 aliphatic carbocycles. The van der Waals surface area contributed by atoms with E-state index in [0.717, 1.165) is 41.1 Å². The van der Waals surface area contributed by atoms with E-state index in [-0.39, 0.29) is 0 Å². The highest BCUT2D eigenvalue weighted by Crippen LogP contribution is 2.27. The minimum absolute atomic E-state index is 0.490. The third-order valence-corrected chi connectivity index (χ3v) is 4.41. The van der Waals surface area contributed by atoms with Crippen molar-refractivity contribution in [3.05, 3.63) is 41.1 Å². The summed E-state index contributed by atoms with van der Waals surface area (Å²) in [4.78, 5) is 11.2. The maximum Gasteiger partial charge on any atom is 0.225 e. The lowest BCUT2D eigenvalue weighted by Crippen LogP contribution is -2.34. The predicted octanol–water partition coefficient (Wildman–Crippen LogP) is 2.70. The molecule has 4 nitrogen and oxygen atoms in total. The number of nitrogens with one attached hydrogen (secondary N) is 1. The quantitative estimate of drug-likeness (QED) is 0.938. The summed E-state index contributed by atoms with van der Waals surface area (Å²) in [7, 11) is 2.06. The first-order valence-corrected chi connectivity index (χ1v) is 7.55. The van der Waals surface area contributed by atoms with Crippen molar-refractivity contribution in [1.82, 2.24) is 15.3 Å². The highest BCUT2D eigenvalue weighted by Gasteiger charge is 2.21. The number of likely N-dealkylation sites (N-methyl/N-ethyl adjacent to an activating group) is 1. The number of anilines is 1. The Labute approximate surface area is 127 Å². The van der Waals surface area contributed by atoms with E-state index in [1.54, 1.807) is 0 Å². The standard InChI is InChI=1S/C15H17BrN4/c1-20(12-6-7-17-10-12)15-18-8-11(9-19-15)13-4-2-3-5-14(13)16/h2-5,8-9,12,17H,6-7,10H2,1H3. The molecule has 0 saturated carbocycles. The molecular weight excluding hydrogens is 316 g/mol. The molecule has 104 valence electrons. The van der Waals surface area contributed by atoms with Crippen LogP contribution in [0.3, 0.4) is 0 Å². The van der Waals surface area contributed by atoms with E-state index in [4.69, 9.17) is 0 Å².